The van der Waals surface area contributed by atoms with E-state index >= 15 is 0 Å². The summed E-state index contributed by atoms with van der Waals surface area (Å²) in [5.41, 5.74) is 3.61. The Morgan fingerprint density at radius 3 is 1.91 bits per heavy atom. The van der Waals surface area contributed by atoms with Crippen LogP contribution in [0.1, 0.15) is 35.4 Å². The van der Waals surface area contributed by atoms with E-state index in [1.165, 1.54) is 16.9 Å². The fourth-order valence-electron chi connectivity index (χ4n) is 7.84. The summed E-state index contributed by atoms with van der Waals surface area (Å²) in [5.74, 6) is -5.59. The highest BCUT2D eigenvalue weighted by molar-refractivity contribution is 6.33. The van der Waals surface area contributed by atoms with Gasteiger partial charge in [0.1, 0.15) is 0 Å². The lowest BCUT2D eigenvalue weighted by molar-refractivity contribution is -0.126. The SMILES string of the molecule is COc1cccc([C@H]2C3=CC[C@@H]4C(=O)N(c5ccc(C)c(Cl)c5)C(=O)[C@@H]4[C@@H]3C[C@H]3C(=O)N(c4ccc(C)c(Cl)c4)C(=O)[C@@H]23)c1O. The number of hydrogen-bond donors (Lipinski definition) is 1. The molecule has 230 valence electrons. The smallest absolute Gasteiger partial charge is 0.238 e. The molecule has 4 amide bonds. The minimum absolute atomic E-state index is 0.130. The van der Waals surface area contributed by atoms with Crippen molar-refractivity contribution in [1.82, 2.24) is 0 Å². The molecule has 2 aliphatic carbocycles. The molecule has 1 saturated carbocycles. The van der Waals surface area contributed by atoms with Crippen molar-refractivity contribution < 1.29 is 29.0 Å². The maximum Gasteiger partial charge on any atom is 0.238 e. The standard InChI is InChI=1S/C35H30Cl2N2O6/c1-16-7-9-18(13-25(16)36)38-32(41)22-12-11-20-23(29(22)34(38)43)15-24-30(28(20)21-5-4-6-27(45-3)31(21)40)35(44)39(33(24)42)19-10-8-17(2)26(37)14-19/h4-11,13-14,22-24,28-30,40H,12,15H2,1-3H3/t22-,23+,24+,28+,29-,30+/m0/s1. The van der Waals surface area contributed by atoms with Crippen LogP contribution in [0.5, 0.6) is 11.5 Å². The number of phenolic OH excluding ortho intramolecular Hbond substituents is 1. The third-order valence-corrected chi connectivity index (χ3v) is 10.9. The van der Waals surface area contributed by atoms with E-state index in [0.29, 0.717) is 27.0 Å². The molecule has 3 aromatic rings. The van der Waals surface area contributed by atoms with Crippen molar-refractivity contribution in [3.63, 3.8) is 0 Å². The summed E-state index contributed by atoms with van der Waals surface area (Å²) in [6.45, 7) is 3.68. The third-order valence-electron chi connectivity index (χ3n) is 10.1. The molecule has 10 heteroatoms. The van der Waals surface area contributed by atoms with Crippen LogP contribution < -0.4 is 14.5 Å². The molecule has 7 rings (SSSR count). The first-order valence-corrected chi connectivity index (χ1v) is 15.6. The first-order valence-electron chi connectivity index (χ1n) is 14.9. The molecule has 0 radical (unpaired) electrons. The number of para-hydroxylation sites is 1. The number of carbonyl (C=O) groups excluding carboxylic acids is 4. The number of phenols is 1. The Morgan fingerprint density at radius 2 is 1.33 bits per heavy atom. The van der Waals surface area contributed by atoms with Crippen molar-refractivity contribution in [2.24, 2.45) is 29.6 Å². The number of anilines is 2. The predicted molar refractivity (Wildman–Crippen MR) is 170 cm³/mol. The van der Waals surface area contributed by atoms with Crippen LogP contribution in [-0.2, 0) is 19.2 Å². The zero-order valence-corrected chi connectivity index (χ0v) is 26.3. The summed E-state index contributed by atoms with van der Waals surface area (Å²) in [6, 6.07) is 15.2. The predicted octanol–water partition coefficient (Wildman–Crippen LogP) is 6.37. The fraction of sp³-hybridized carbons (Fsp3) is 0.314. The number of rotatable bonds is 4. The third kappa shape index (κ3) is 4.33. The van der Waals surface area contributed by atoms with Crippen LogP contribution in [0, 0.1) is 43.4 Å². The fourth-order valence-corrected chi connectivity index (χ4v) is 8.19. The summed E-state index contributed by atoms with van der Waals surface area (Å²) in [5, 5.41) is 12.2. The summed E-state index contributed by atoms with van der Waals surface area (Å²) >= 11 is 12.8. The summed E-state index contributed by atoms with van der Waals surface area (Å²) in [4.78, 5) is 58.8. The molecule has 0 aromatic heterocycles. The van der Waals surface area contributed by atoms with E-state index in [4.69, 9.17) is 27.9 Å². The highest BCUT2D eigenvalue weighted by Gasteiger charge is 2.62. The van der Waals surface area contributed by atoms with E-state index in [0.717, 1.165) is 16.7 Å². The number of carbonyl (C=O) groups is 4. The van der Waals surface area contributed by atoms with Crippen molar-refractivity contribution >= 4 is 58.2 Å². The van der Waals surface area contributed by atoms with Gasteiger partial charge in [-0.05, 0) is 74.1 Å². The second-order valence-electron chi connectivity index (χ2n) is 12.3. The van der Waals surface area contributed by atoms with Crippen LogP contribution in [-0.4, -0.2) is 35.8 Å². The normalized spacial score (nSPS) is 27.4. The number of methoxy groups -OCH3 is 1. The van der Waals surface area contributed by atoms with E-state index in [2.05, 4.69) is 0 Å². The Kier molecular flexibility index (Phi) is 7.06. The Balaban J connectivity index is 1.35. The van der Waals surface area contributed by atoms with Gasteiger partial charge >= 0.3 is 0 Å². The highest BCUT2D eigenvalue weighted by Crippen LogP contribution is 2.60. The van der Waals surface area contributed by atoms with Crippen molar-refractivity contribution in [2.45, 2.75) is 32.6 Å². The van der Waals surface area contributed by atoms with Crippen LogP contribution in [0.2, 0.25) is 10.0 Å². The molecular formula is C35H30Cl2N2O6. The molecule has 2 aliphatic heterocycles. The van der Waals surface area contributed by atoms with E-state index in [-0.39, 0.29) is 36.2 Å². The number of benzene rings is 3. The Labute approximate surface area is 270 Å². The molecule has 8 nitrogen and oxygen atoms in total. The summed E-state index contributed by atoms with van der Waals surface area (Å²) in [6.07, 6.45) is 2.43. The van der Waals surface area contributed by atoms with E-state index < -0.39 is 47.3 Å². The Hall–Kier alpha value is -4.14. The molecule has 2 heterocycles. The maximum atomic E-state index is 14.3. The first-order chi connectivity index (χ1) is 21.5. The van der Waals surface area contributed by atoms with Gasteiger partial charge in [-0.1, -0.05) is 59.1 Å². The number of aryl methyl sites for hydroxylation is 2. The number of nitrogens with zero attached hydrogens (tertiary/aromatic N) is 2. The molecule has 2 saturated heterocycles. The molecule has 0 unspecified atom stereocenters. The van der Waals surface area contributed by atoms with Gasteiger partial charge in [0.15, 0.2) is 11.5 Å². The molecular weight excluding hydrogens is 615 g/mol. The molecule has 4 aliphatic rings. The van der Waals surface area contributed by atoms with Gasteiger partial charge in [0, 0.05) is 21.5 Å². The number of allylic oxidation sites excluding steroid dienone is 2. The van der Waals surface area contributed by atoms with Crippen molar-refractivity contribution in [1.29, 1.82) is 0 Å². The second-order valence-corrected chi connectivity index (χ2v) is 13.1. The van der Waals surface area contributed by atoms with Crippen LogP contribution in [0.3, 0.4) is 0 Å². The summed E-state index contributed by atoms with van der Waals surface area (Å²) in [7, 11) is 1.44. The lowest BCUT2D eigenvalue weighted by Crippen LogP contribution is -2.43. The van der Waals surface area contributed by atoms with Crippen LogP contribution in [0.25, 0.3) is 0 Å². The largest absolute Gasteiger partial charge is 0.504 e. The Bertz CT molecular complexity index is 1850. The number of amides is 4. The molecule has 0 spiro atoms. The van der Waals surface area contributed by atoms with Crippen molar-refractivity contribution in [3.8, 4) is 11.5 Å². The van der Waals surface area contributed by atoms with Crippen molar-refractivity contribution in [2.75, 3.05) is 16.9 Å². The van der Waals surface area contributed by atoms with Gasteiger partial charge in [-0.3, -0.25) is 19.2 Å². The maximum absolute atomic E-state index is 14.3. The average Bonchev–Trinajstić information content (AvgIpc) is 3.43. The van der Waals surface area contributed by atoms with Crippen LogP contribution in [0.4, 0.5) is 11.4 Å². The monoisotopic (exact) mass is 644 g/mol. The molecule has 6 atom stereocenters. The summed E-state index contributed by atoms with van der Waals surface area (Å²) < 4.78 is 5.41. The zero-order valence-electron chi connectivity index (χ0n) is 24.8. The van der Waals surface area contributed by atoms with Gasteiger partial charge in [-0.2, -0.15) is 0 Å². The lowest BCUT2D eigenvalue weighted by atomic mass is 9.57. The zero-order chi connectivity index (χ0) is 31.9. The second kappa shape index (κ2) is 10.7. The molecule has 1 N–H and O–H groups in total. The molecule has 45 heavy (non-hydrogen) atoms. The van der Waals surface area contributed by atoms with Gasteiger partial charge in [0.05, 0.1) is 42.2 Å². The average molecular weight is 646 g/mol. The number of fused-ring (bicyclic) bond motifs is 4. The number of hydrogen-bond acceptors (Lipinski definition) is 6. The topological polar surface area (TPSA) is 104 Å². The minimum Gasteiger partial charge on any atom is -0.504 e. The van der Waals surface area contributed by atoms with Gasteiger partial charge < -0.3 is 9.84 Å². The highest BCUT2D eigenvalue weighted by atomic mass is 35.5. The van der Waals surface area contributed by atoms with Gasteiger partial charge in [0.25, 0.3) is 0 Å². The van der Waals surface area contributed by atoms with Crippen molar-refractivity contribution in [3.05, 3.63) is 93.0 Å². The molecule has 3 aromatic carbocycles. The number of aromatic hydroxyl groups is 1. The van der Waals surface area contributed by atoms with Crippen LogP contribution in [0.15, 0.2) is 66.2 Å². The molecule has 3 fully saturated rings. The van der Waals surface area contributed by atoms with Gasteiger partial charge in [-0.25, -0.2) is 9.80 Å². The number of imide groups is 2. The number of ether oxygens (including phenoxy) is 1. The number of halogens is 2. The lowest BCUT2D eigenvalue weighted by Gasteiger charge is -2.44. The van der Waals surface area contributed by atoms with E-state index in [1.807, 2.05) is 19.9 Å². The van der Waals surface area contributed by atoms with Gasteiger partial charge in [0.2, 0.25) is 23.6 Å². The quantitative estimate of drug-likeness (QED) is 0.261. The van der Waals surface area contributed by atoms with E-state index in [9.17, 15) is 24.3 Å². The Morgan fingerprint density at radius 1 is 0.756 bits per heavy atom. The molecule has 0 bridgehead atoms. The van der Waals surface area contributed by atoms with Crippen LogP contribution >= 0.6 is 23.2 Å². The van der Waals surface area contributed by atoms with Gasteiger partial charge in [-0.15, -0.1) is 0 Å². The van der Waals surface area contributed by atoms with E-state index in [1.54, 1.807) is 54.6 Å². The first kappa shape index (κ1) is 29.6. The minimum atomic E-state index is -0.839.